The van der Waals surface area contributed by atoms with E-state index < -0.39 is 29.5 Å². The van der Waals surface area contributed by atoms with Crippen LogP contribution in [0.3, 0.4) is 0 Å². The molecule has 2 N–H and O–H groups in total. The van der Waals surface area contributed by atoms with Crippen LogP contribution in [0.1, 0.15) is 17.9 Å². The first-order valence-corrected chi connectivity index (χ1v) is 6.35. The van der Waals surface area contributed by atoms with E-state index in [0.29, 0.717) is 0 Å². The number of hydrogen-bond donors (Lipinski definition) is 1. The van der Waals surface area contributed by atoms with E-state index in [1.807, 2.05) is 0 Å². The minimum Gasteiger partial charge on any atom is -0.396 e. The van der Waals surface area contributed by atoms with Gasteiger partial charge in [0.15, 0.2) is 0 Å². The minimum absolute atomic E-state index is 0.0220. The fraction of sp³-hybridized carbons (Fsp3) is 0.417. The van der Waals surface area contributed by atoms with Crippen LogP contribution in [0.15, 0.2) is 16.9 Å². The van der Waals surface area contributed by atoms with Crippen molar-refractivity contribution in [2.45, 2.75) is 18.5 Å². The molecule has 0 unspecified atom stereocenters. The van der Waals surface area contributed by atoms with E-state index in [1.54, 1.807) is 0 Å². The molecule has 1 aromatic carbocycles. The number of halogens is 4. The predicted molar refractivity (Wildman–Crippen MR) is 67.9 cm³/mol. The van der Waals surface area contributed by atoms with E-state index in [0.717, 1.165) is 21.5 Å². The number of rotatable bonds is 2. The highest BCUT2D eigenvalue weighted by Crippen LogP contribution is 2.57. The average molecular weight is 317 g/mol. The van der Waals surface area contributed by atoms with Crippen LogP contribution < -0.4 is 11.4 Å². The molecule has 0 spiro atoms. The van der Waals surface area contributed by atoms with Gasteiger partial charge >= 0.3 is 11.9 Å². The molecule has 0 saturated heterocycles. The quantitative estimate of drug-likeness (QED) is 0.670. The fourth-order valence-electron chi connectivity index (χ4n) is 2.44. The second kappa shape index (κ2) is 4.55. The Hall–Kier alpha value is -2.39. The summed E-state index contributed by atoms with van der Waals surface area (Å²) in [6.45, 7) is 0. The number of aryl methyl sites for hydroxylation is 1. The summed E-state index contributed by atoms with van der Waals surface area (Å²) in [6, 6.07) is 2.04. The molecule has 1 fully saturated rings. The Morgan fingerprint density at radius 1 is 1.32 bits per heavy atom. The Bertz CT molecular complexity index is 794. The van der Waals surface area contributed by atoms with Crippen molar-refractivity contribution in [1.82, 2.24) is 19.8 Å². The molecule has 0 aliphatic heterocycles. The van der Waals surface area contributed by atoms with Crippen LogP contribution in [-0.4, -0.2) is 26.0 Å². The molecule has 0 radical (unpaired) electrons. The van der Waals surface area contributed by atoms with Gasteiger partial charge in [-0.3, -0.25) is 0 Å². The first kappa shape index (κ1) is 14.5. The monoisotopic (exact) mass is 317 g/mol. The normalized spacial score (nSPS) is 21.1. The molecule has 0 bridgehead atoms. The highest BCUT2D eigenvalue weighted by atomic mass is 19.4. The first-order chi connectivity index (χ1) is 10.2. The van der Waals surface area contributed by atoms with Crippen LogP contribution in [0.2, 0.25) is 0 Å². The Morgan fingerprint density at radius 3 is 2.50 bits per heavy atom. The summed E-state index contributed by atoms with van der Waals surface area (Å²) >= 11 is 0. The maximum atomic E-state index is 13.7. The largest absolute Gasteiger partial charge is 0.396 e. The van der Waals surface area contributed by atoms with Gasteiger partial charge in [-0.05, 0) is 40.5 Å². The van der Waals surface area contributed by atoms with Crippen LogP contribution in [0, 0.1) is 11.7 Å². The number of aromatic nitrogens is 4. The van der Waals surface area contributed by atoms with Gasteiger partial charge in [0, 0.05) is 7.05 Å². The van der Waals surface area contributed by atoms with Crippen molar-refractivity contribution in [3.63, 3.8) is 0 Å². The third kappa shape index (κ3) is 2.24. The second-order valence-corrected chi connectivity index (χ2v) is 5.22. The number of alkyl halides is 3. The van der Waals surface area contributed by atoms with Crippen molar-refractivity contribution in [3.05, 3.63) is 34.0 Å². The molecule has 10 heteroatoms. The fourth-order valence-corrected chi connectivity index (χ4v) is 2.44. The Balaban J connectivity index is 2.13. The number of anilines is 1. The lowest BCUT2D eigenvalue weighted by Crippen LogP contribution is -2.23. The van der Waals surface area contributed by atoms with Gasteiger partial charge in [0.2, 0.25) is 0 Å². The van der Waals surface area contributed by atoms with E-state index in [1.165, 1.54) is 7.05 Å². The zero-order chi connectivity index (χ0) is 16.2. The minimum atomic E-state index is -4.37. The molecule has 1 aliphatic rings. The van der Waals surface area contributed by atoms with Crippen molar-refractivity contribution in [2.75, 3.05) is 5.73 Å². The van der Waals surface area contributed by atoms with Gasteiger partial charge in [-0.2, -0.15) is 22.5 Å². The van der Waals surface area contributed by atoms with E-state index in [4.69, 9.17) is 5.73 Å². The molecular weight excluding hydrogens is 306 g/mol. The molecule has 2 atom stereocenters. The molecule has 2 aromatic rings. The number of nitrogens with two attached hydrogens (primary N) is 1. The molecular formula is C12H11F4N5O. The molecule has 1 saturated carbocycles. The lowest BCUT2D eigenvalue weighted by Gasteiger charge is -2.11. The summed E-state index contributed by atoms with van der Waals surface area (Å²) in [5, 5.41) is 7.07. The molecule has 3 rings (SSSR count). The zero-order valence-electron chi connectivity index (χ0n) is 11.3. The molecule has 22 heavy (non-hydrogen) atoms. The Morgan fingerprint density at radius 2 is 2.00 bits per heavy atom. The van der Waals surface area contributed by atoms with Crippen molar-refractivity contribution < 1.29 is 17.6 Å². The highest BCUT2D eigenvalue weighted by molar-refractivity contribution is 5.55. The number of nitrogen functional groups attached to an aromatic ring is 1. The molecule has 118 valence electrons. The van der Waals surface area contributed by atoms with Crippen molar-refractivity contribution in [2.24, 2.45) is 13.0 Å². The SMILES string of the molecule is Cn1nnn(-c2cc(N)c(F)cc2[C@H]2C[C@@H]2C(F)(F)F)c1=O. The van der Waals surface area contributed by atoms with Crippen LogP contribution in [0.4, 0.5) is 23.2 Å². The Labute approximate surface area is 121 Å². The van der Waals surface area contributed by atoms with Gasteiger partial charge in [0.25, 0.3) is 0 Å². The Kier molecular flexibility index (Phi) is 3.01. The van der Waals surface area contributed by atoms with Crippen molar-refractivity contribution >= 4 is 5.69 Å². The van der Waals surface area contributed by atoms with Crippen LogP contribution in [0.5, 0.6) is 0 Å². The van der Waals surface area contributed by atoms with Gasteiger partial charge in [-0.1, -0.05) is 0 Å². The second-order valence-electron chi connectivity index (χ2n) is 5.22. The van der Waals surface area contributed by atoms with E-state index in [9.17, 15) is 22.4 Å². The van der Waals surface area contributed by atoms with Gasteiger partial charge < -0.3 is 5.73 Å². The van der Waals surface area contributed by atoms with Crippen molar-refractivity contribution in [1.29, 1.82) is 0 Å². The van der Waals surface area contributed by atoms with Gasteiger partial charge in [-0.25, -0.2) is 9.18 Å². The summed E-state index contributed by atoms with van der Waals surface area (Å²) < 4.78 is 53.7. The lowest BCUT2D eigenvalue weighted by molar-refractivity contribution is -0.148. The topological polar surface area (TPSA) is 78.7 Å². The van der Waals surface area contributed by atoms with E-state index in [-0.39, 0.29) is 23.4 Å². The standard InChI is InChI=1S/C12H11F4N5O/c1-20-11(22)21(19-18-20)10-4-9(17)8(13)3-6(10)5-2-7(5)12(14,15)16/h3-5,7H,2,17H2,1H3/t5-,7+/m1/s1. The van der Waals surface area contributed by atoms with Crippen LogP contribution in [-0.2, 0) is 7.05 Å². The predicted octanol–water partition coefficient (Wildman–Crippen LogP) is 1.35. The zero-order valence-corrected chi connectivity index (χ0v) is 11.3. The summed E-state index contributed by atoms with van der Waals surface area (Å²) in [5.41, 5.74) is 4.60. The maximum absolute atomic E-state index is 13.7. The average Bonchev–Trinajstić information content (AvgIpc) is 3.16. The third-order valence-electron chi connectivity index (χ3n) is 3.71. The first-order valence-electron chi connectivity index (χ1n) is 6.35. The number of tetrazole rings is 1. The van der Waals surface area contributed by atoms with Crippen LogP contribution >= 0.6 is 0 Å². The number of nitrogens with zero attached hydrogens (tertiary/aromatic N) is 4. The van der Waals surface area contributed by atoms with Gasteiger partial charge in [0.1, 0.15) is 5.82 Å². The lowest BCUT2D eigenvalue weighted by atomic mass is 10.1. The molecule has 6 nitrogen and oxygen atoms in total. The molecule has 0 amide bonds. The summed E-state index contributed by atoms with van der Waals surface area (Å²) in [5.74, 6) is -3.30. The van der Waals surface area contributed by atoms with Gasteiger partial charge in [-0.15, -0.1) is 0 Å². The number of hydrogen-bond acceptors (Lipinski definition) is 4. The maximum Gasteiger partial charge on any atom is 0.392 e. The molecule has 1 heterocycles. The summed E-state index contributed by atoms with van der Waals surface area (Å²) in [7, 11) is 1.34. The summed E-state index contributed by atoms with van der Waals surface area (Å²) in [4.78, 5) is 11.9. The van der Waals surface area contributed by atoms with E-state index in [2.05, 4.69) is 10.4 Å². The van der Waals surface area contributed by atoms with E-state index >= 15 is 0 Å². The highest BCUT2D eigenvalue weighted by Gasteiger charge is 2.57. The van der Waals surface area contributed by atoms with Crippen LogP contribution in [0.25, 0.3) is 5.69 Å². The number of benzene rings is 1. The molecule has 1 aromatic heterocycles. The molecule has 1 aliphatic carbocycles. The summed E-state index contributed by atoms with van der Waals surface area (Å²) in [6.07, 6.45) is -4.53. The van der Waals surface area contributed by atoms with Crippen molar-refractivity contribution in [3.8, 4) is 5.69 Å². The smallest absolute Gasteiger partial charge is 0.392 e. The third-order valence-corrected chi connectivity index (χ3v) is 3.71. The van der Waals surface area contributed by atoms with Gasteiger partial charge in [0.05, 0.1) is 17.3 Å².